The van der Waals surface area contributed by atoms with Crippen LogP contribution in [0.3, 0.4) is 0 Å². The van der Waals surface area contributed by atoms with E-state index >= 15 is 0 Å². The summed E-state index contributed by atoms with van der Waals surface area (Å²) in [5, 5.41) is 7.71. The van der Waals surface area contributed by atoms with Crippen LogP contribution < -0.4 is 20.9 Å². The van der Waals surface area contributed by atoms with E-state index in [1.54, 1.807) is 35.2 Å². The number of carbonyl (C=O) groups is 4. The third-order valence-corrected chi connectivity index (χ3v) is 5.33. The van der Waals surface area contributed by atoms with Crippen molar-refractivity contribution in [2.75, 3.05) is 29.9 Å². The second-order valence-corrected chi connectivity index (χ2v) is 8.08. The molecule has 0 aliphatic carbocycles. The standard InChI is InChI=1S/C22H23BrN4O4/c1-14-11-16(23)6-9-18(14)26-20(29)13-24-19(28)12-25-22(31)15-4-7-17(8-5-15)27-10-2-3-21(27)30/h4-9,11H,2-3,10,12-13H2,1H3,(H,24,28)(H,25,31)(H,26,29). The van der Waals surface area contributed by atoms with Crippen molar-refractivity contribution in [2.24, 2.45) is 0 Å². The Kier molecular flexibility index (Phi) is 7.41. The molecule has 0 aromatic heterocycles. The Hall–Kier alpha value is -3.20. The SMILES string of the molecule is Cc1cc(Br)ccc1NC(=O)CNC(=O)CNC(=O)c1ccc(N2CCCC2=O)cc1. The van der Waals surface area contributed by atoms with Gasteiger partial charge in [0.05, 0.1) is 13.1 Å². The first-order chi connectivity index (χ1) is 14.8. The number of nitrogens with zero attached hydrogens (tertiary/aromatic N) is 1. The number of halogens is 1. The van der Waals surface area contributed by atoms with E-state index < -0.39 is 11.8 Å². The molecule has 1 aliphatic heterocycles. The smallest absolute Gasteiger partial charge is 0.251 e. The van der Waals surface area contributed by atoms with Crippen LogP contribution in [0.4, 0.5) is 11.4 Å². The van der Waals surface area contributed by atoms with Crippen LogP contribution >= 0.6 is 15.9 Å². The Balaban J connectivity index is 1.42. The Morgan fingerprint density at radius 1 is 1.00 bits per heavy atom. The summed E-state index contributed by atoms with van der Waals surface area (Å²) in [5.74, 6) is -1.18. The van der Waals surface area contributed by atoms with Crippen LogP contribution in [0.2, 0.25) is 0 Å². The molecule has 0 radical (unpaired) electrons. The summed E-state index contributed by atoms with van der Waals surface area (Å²) < 4.78 is 0.909. The lowest BCUT2D eigenvalue weighted by Gasteiger charge is -2.15. The van der Waals surface area contributed by atoms with Gasteiger partial charge in [-0.15, -0.1) is 0 Å². The van der Waals surface area contributed by atoms with Crippen molar-refractivity contribution in [2.45, 2.75) is 19.8 Å². The van der Waals surface area contributed by atoms with E-state index in [0.29, 0.717) is 24.2 Å². The normalized spacial score (nSPS) is 13.1. The van der Waals surface area contributed by atoms with E-state index in [-0.39, 0.29) is 24.9 Å². The van der Waals surface area contributed by atoms with Gasteiger partial charge in [-0.25, -0.2) is 0 Å². The van der Waals surface area contributed by atoms with Gasteiger partial charge < -0.3 is 20.9 Å². The van der Waals surface area contributed by atoms with E-state index in [4.69, 9.17) is 0 Å². The van der Waals surface area contributed by atoms with E-state index in [1.807, 2.05) is 19.1 Å². The van der Waals surface area contributed by atoms with Crippen molar-refractivity contribution in [3.8, 4) is 0 Å². The monoisotopic (exact) mass is 486 g/mol. The highest BCUT2D eigenvalue weighted by Crippen LogP contribution is 2.22. The fourth-order valence-electron chi connectivity index (χ4n) is 3.18. The van der Waals surface area contributed by atoms with Crippen LogP contribution in [0.1, 0.15) is 28.8 Å². The lowest BCUT2D eigenvalue weighted by molar-refractivity contribution is -0.123. The minimum Gasteiger partial charge on any atom is -0.345 e. The van der Waals surface area contributed by atoms with Crippen molar-refractivity contribution >= 4 is 50.9 Å². The summed E-state index contributed by atoms with van der Waals surface area (Å²) in [5.41, 5.74) is 2.69. The molecule has 2 aromatic carbocycles. The summed E-state index contributed by atoms with van der Waals surface area (Å²) >= 11 is 3.36. The number of aryl methyl sites for hydroxylation is 1. The number of rotatable bonds is 7. The van der Waals surface area contributed by atoms with Gasteiger partial charge in [-0.2, -0.15) is 0 Å². The number of carbonyl (C=O) groups excluding carboxylic acids is 4. The van der Waals surface area contributed by atoms with Crippen LogP contribution in [0.5, 0.6) is 0 Å². The minimum absolute atomic E-state index is 0.0770. The molecule has 0 bridgehead atoms. The number of anilines is 2. The molecule has 0 saturated carbocycles. The van der Waals surface area contributed by atoms with Crippen molar-refractivity contribution in [3.05, 3.63) is 58.1 Å². The average molecular weight is 487 g/mol. The largest absolute Gasteiger partial charge is 0.345 e. The molecule has 0 atom stereocenters. The highest BCUT2D eigenvalue weighted by Gasteiger charge is 2.21. The zero-order valence-corrected chi connectivity index (χ0v) is 18.6. The first kappa shape index (κ1) is 22.5. The van der Waals surface area contributed by atoms with Crippen LogP contribution in [-0.2, 0) is 14.4 Å². The van der Waals surface area contributed by atoms with E-state index in [2.05, 4.69) is 31.9 Å². The quantitative estimate of drug-likeness (QED) is 0.558. The summed E-state index contributed by atoms with van der Waals surface area (Å²) in [7, 11) is 0. The fourth-order valence-corrected chi connectivity index (χ4v) is 3.66. The Morgan fingerprint density at radius 3 is 2.35 bits per heavy atom. The van der Waals surface area contributed by atoms with Crippen molar-refractivity contribution in [1.29, 1.82) is 0 Å². The summed E-state index contributed by atoms with van der Waals surface area (Å²) in [6.45, 7) is 2.09. The van der Waals surface area contributed by atoms with E-state index in [0.717, 1.165) is 22.1 Å². The molecule has 1 fully saturated rings. The maximum Gasteiger partial charge on any atom is 0.251 e. The molecule has 1 aliphatic rings. The molecule has 31 heavy (non-hydrogen) atoms. The van der Waals surface area contributed by atoms with Gasteiger partial charge in [0.1, 0.15) is 0 Å². The van der Waals surface area contributed by atoms with Gasteiger partial charge in [0, 0.05) is 34.4 Å². The van der Waals surface area contributed by atoms with Gasteiger partial charge >= 0.3 is 0 Å². The number of benzene rings is 2. The molecular weight excluding hydrogens is 464 g/mol. The second kappa shape index (κ2) is 10.2. The molecule has 0 spiro atoms. The lowest BCUT2D eigenvalue weighted by atomic mass is 10.2. The van der Waals surface area contributed by atoms with E-state index in [9.17, 15) is 19.2 Å². The van der Waals surface area contributed by atoms with Gasteiger partial charge in [-0.1, -0.05) is 15.9 Å². The summed E-state index contributed by atoms with van der Waals surface area (Å²) in [4.78, 5) is 49.7. The molecule has 3 N–H and O–H groups in total. The lowest BCUT2D eigenvalue weighted by Crippen LogP contribution is -2.40. The number of amides is 4. The molecule has 9 heteroatoms. The summed E-state index contributed by atoms with van der Waals surface area (Å²) in [6, 6.07) is 12.1. The van der Waals surface area contributed by atoms with Crippen molar-refractivity contribution < 1.29 is 19.2 Å². The first-order valence-corrected chi connectivity index (χ1v) is 10.6. The maximum atomic E-state index is 12.2. The molecule has 8 nitrogen and oxygen atoms in total. The molecule has 2 aromatic rings. The van der Waals surface area contributed by atoms with Gasteiger partial charge in [-0.05, 0) is 61.4 Å². The zero-order valence-electron chi connectivity index (χ0n) is 17.0. The molecule has 4 amide bonds. The van der Waals surface area contributed by atoms with Crippen molar-refractivity contribution in [1.82, 2.24) is 10.6 Å². The topological polar surface area (TPSA) is 108 Å². The molecular formula is C22H23BrN4O4. The summed E-state index contributed by atoms with van der Waals surface area (Å²) in [6.07, 6.45) is 1.37. The third kappa shape index (κ3) is 6.14. The molecule has 162 valence electrons. The zero-order chi connectivity index (χ0) is 22.4. The van der Waals surface area contributed by atoms with Gasteiger partial charge in [0.15, 0.2) is 0 Å². The van der Waals surface area contributed by atoms with E-state index in [1.165, 1.54) is 0 Å². The van der Waals surface area contributed by atoms with Crippen LogP contribution in [0.15, 0.2) is 46.9 Å². The number of nitrogens with one attached hydrogen (secondary N) is 3. The van der Waals surface area contributed by atoms with Crippen LogP contribution in [0.25, 0.3) is 0 Å². The Labute approximate surface area is 188 Å². The predicted octanol–water partition coefficient (Wildman–Crippen LogP) is 2.37. The molecule has 0 unspecified atom stereocenters. The molecule has 1 heterocycles. The predicted molar refractivity (Wildman–Crippen MR) is 121 cm³/mol. The van der Waals surface area contributed by atoms with Crippen molar-refractivity contribution in [3.63, 3.8) is 0 Å². The Morgan fingerprint density at radius 2 is 1.71 bits per heavy atom. The highest BCUT2D eigenvalue weighted by molar-refractivity contribution is 9.10. The molecule has 3 rings (SSSR count). The minimum atomic E-state index is -0.477. The first-order valence-electron chi connectivity index (χ1n) is 9.85. The Bertz CT molecular complexity index is 1010. The van der Waals surface area contributed by atoms with Gasteiger partial charge in [0.2, 0.25) is 17.7 Å². The number of hydrogen-bond acceptors (Lipinski definition) is 4. The van der Waals surface area contributed by atoms with Crippen LogP contribution in [0, 0.1) is 6.92 Å². The van der Waals surface area contributed by atoms with Gasteiger partial charge in [0.25, 0.3) is 5.91 Å². The molecule has 1 saturated heterocycles. The average Bonchev–Trinajstić information content (AvgIpc) is 3.18. The number of hydrogen-bond donors (Lipinski definition) is 3. The second-order valence-electron chi connectivity index (χ2n) is 7.16. The van der Waals surface area contributed by atoms with Gasteiger partial charge in [-0.3, -0.25) is 19.2 Å². The fraction of sp³-hybridized carbons (Fsp3) is 0.273. The maximum absolute atomic E-state index is 12.2. The third-order valence-electron chi connectivity index (χ3n) is 4.83. The van der Waals surface area contributed by atoms with Crippen LogP contribution in [-0.4, -0.2) is 43.3 Å². The highest BCUT2D eigenvalue weighted by atomic mass is 79.9.